The molecule has 1 aromatic rings. The molecule has 0 saturated heterocycles. The quantitative estimate of drug-likeness (QED) is 0.758. The van der Waals surface area contributed by atoms with E-state index < -0.39 is 6.36 Å². The molecule has 0 heterocycles. The van der Waals surface area contributed by atoms with Crippen molar-refractivity contribution in [1.29, 1.82) is 0 Å². The zero-order valence-electron chi connectivity index (χ0n) is 9.41. The number of rotatable bonds is 5. The molecular weight excluding hydrogens is 313 g/mol. The third-order valence-corrected chi connectivity index (χ3v) is 3.26. The lowest BCUT2D eigenvalue weighted by molar-refractivity contribution is -0.274. The number of ether oxygens (including phenoxy) is 2. The Morgan fingerprint density at radius 2 is 1.94 bits per heavy atom. The molecule has 1 fully saturated rings. The Hall–Kier alpha value is -0.910. The van der Waals surface area contributed by atoms with Gasteiger partial charge in [0.15, 0.2) is 0 Å². The topological polar surface area (TPSA) is 18.5 Å². The molecule has 1 aliphatic rings. The van der Waals surface area contributed by atoms with E-state index in [9.17, 15) is 13.2 Å². The van der Waals surface area contributed by atoms with Gasteiger partial charge in [-0.15, -0.1) is 13.2 Å². The first-order valence-electron chi connectivity index (χ1n) is 5.56. The fourth-order valence-electron chi connectivity index (χ4n) is 1.64. The van der Waals surface area contributed by atoms with E-state index in [1.54, 1.807) is 6.07 Å². The van der Waals surface area contributed by atoms with Crippen molar-refractivity contribution in [2.45, 2.75) is 25.3 Å². The summed E-state index contributed by atoms with van der Waals surface area (Å²) in [5, 5.41) is 0.669. The fraction of sp³-hybridized carbons (Fsp3) is 0.500. The number of benzene rings is 1. The van der Waals surface area contributed by atoms with Gasteiger partial charge in [0.05, 0.1) is 0 Å². The van der Waals surface area contributed by atoms with Crippen LogP contribution < -0.4 is 9.47 Å². The molecule has 1 unspecified atom stereocenters. The second-order valence-corrected chi connectivity index (χ2v) is 4.82. The van der Waals surface area contributed by atoms with Gasteiger partial charge in [0.1, 0.15) is 17.6 Å². The van der Waals surface area contributed by atoms with Crippen LogP contribution in [0.15, 0.2) is 24.3 Å². The van der Waals surface area contributed by atoms with E-state index in [1.165, 1.54) is 18.2 Å². The summed E-state index contributed by atoms with van der Waals surface area (Å²) in [7, 11) is 0. The molecule has 0 bridgehead atoms. The Bertz CT molecular complexity index is 405. The second kappa shape index (κ2) is 5.38. The van der Waals surface area contributed by atoms with Crippen molar-refractivity contribution in [3.05, 3.63) is 24.3 Å². The van der Waals surface area contributed by atoms with Crippen molar-refractivity contribution in [3.8, 4) is 11.5 Å². The molecule has 100 valence electrons. The monoisotopic (exact) mass is 324 g/mol. The molecule has 2 nitrogen and oxygen atoms in total. The van der Waals surface area contributed by atoms with Gasteiger partial charge in [-0.2, -0.15) is 0 Å². The Morgan fingerprint density at radius 3 is 2.50 bits per heavy atom. The van der Waals surface area contributed by atoms with Crippen LogP contribution in [0.1, 0.15) is 12.8 Å². The van der Waals surface area contributed by atoms with Gasteiger partial charge in [0.2, 0.25) is 0 Å². The summed E-state index contributed by atoms with van der Waals surface area (Å²) in [5.74, 6) is 0.633. The van der Waals surface area contributed by atoms with Gasteiger partial charge in [0.25, 0.3) is 0 Å². The molecule has 1 aromatic carbocycles. The number of halogens is 4. The summed E-state index contributed by atoms with van der Waals surface area (Å²) in [4.78, 5) is 0. The molecule has 0 aromatic heterocycles. The fourth-order valence-corrected chi connectivity index (χ4v) is 2.30. The largest absolute Gasteiger partial charge is 0.573 e. The molecule has 0 amide bonds. The van der Waals surface area contributed by atoms with Crippen molar-refractivity contribution in [1.82, 2.24) is 0 Å². The summed E-state index contributed by atoms with van der Waals surface area (Å²) in [6, 6.07) is 5.61. The lowest BCUT2D eigenvalue weighted by atomic mass is 10.2. The Labute approximate surface area is 111 Å². The first kappa shape index (κ1) is 13.5. The van der Waals surface area contributed by atoms with E-state index >= 15 is 0 Å². The van der Waals surface area contributed by atoms with Gasteiger partial charge in [-0.1, -0.05) is 22.0 Å². The predicted molar refractivity (Wildman–Crippen MR) is 64.1 cm³/mol. The molecule has 1 aliphatic carbocycles. The number of alkyl halides is 4. The van der Waals surface area contributed by atoms with Crippen molar-refractivity contribution in [3.63, 3.8) is 0 Å². The summed E-state index contributed by atoms with van der Waals surface area (Å²) in [6.45, 7) is 0. The molecule has 6 heteroatoms. The maximum Gasteiger partial charge on any atom is 0.573 e. The molecule has 1 saturated carbocycles. The van der Waals surface area contributed by atoms with E-state index in [2.05, 4.69) is 20.7 Å². The molecule has 0 spiro atoms. The van der Waals surface area contributed by atoms with Gasteiger partial charge in [-0.3, -0.25) is 0 Å². The highest BCUT2D eigenvalue weighted by atomic mass is 79.9. The van der Waals surface area contributed by atoms with Crippen LogP contribution in [0.25, 0.3) is 0 Å². The normalized spacial score (nSPS) is 17.3. The van der Waals surface area contributed by atoms with Crippen LogP contribution in [-0.2, 0) is 0 Å². The summed E-state index contributed by atoms with van der Waals surface area (Å²) < 4.78 is 45.7. The van der Waals surface area contributed by atoms with Crippen molar-refractivity contribution < 1.29 is 22.6 Å². The standard InChI is InChI=1S/C12H12BrF3O2/c13-7-11(8-4-5-8)17-9-2-1-3-10(6-9)18-12(14,15)16/h1-3,6,8,11H,4-5,7H2. The van der Waals surface area contributed by atoms with Gasteiger partial charge in [-0.05, 0) is 30.9 Å². The molecule has 0 aliphatic heterocycles. The van der Waals surface area contributed by atoms with Crippen LogP contribution in [0.4, 0.5) is 13.2 Å². The van der Waals surface area contributed by atoms with Gasteiger partial charge in [0, 0.05) is 11.4 Å². The molecule has 18 heavy (non-hydrogen) atoms. The van der Waals surface area contributed by atoms with Gasteiger partial charge in [-0.25, -0.2) is 0 Å². The first-order valence-corrected chi connectivity index (χ1v) is 6.68. The smallest absolute Gasteiger partial charge is 0.489 e. The maximum absolute atomic E-state index is 12.1. The van der Waals surface area contributed by atoms with E-state index in [-0.39, 0.29) is 11.9 Å². The Morgan fingerprint density at radius 1 is 1.28 bits per heavy atom. The van der Waals surface area contributed by atoms with Crippen LogP contribution in [0.2, 0.25) is 0 Å². The Kier molecular flexibility index (Phi) is 4.04. The molecule has 1 atom stereocenters. The lowest BCUT2D eigenvalue weighted by Crippen LogP contribution is -2.21. The average Bonchev–Trinajstić information content (AvgIpc) is 3.08. The minimum Gasteiger partial charge on any atom is -0.489 e. The Balaban J connectivity index is 2.02. The highest BCUT2D eigenvalue weighted by Gasteiger charge is 2.33. The number of hydrogen-bond donors (Lipinski definition) is 0. The van der Waals surface area contributed by atoms with E-state index in [0.717, 1.165) is 12.8 Å². The first-order chi connectivity index (χ1) is 8.48. The van der Waals surface area contributed by atoms with E-state index in [4.69, 9.17) is 4.74 Å². The van der Waals surface area contributed by atoms with Crippen LogP contribution in [-0.4, -0.2) is 17.8 Å². The van der Waals surface area contributed by atoms with Crippen molar-refractivity contribution >= 4 is 15.9 Å². The summed E-state index contributed by atoms with van der Waals surface area (Å²) in [5.41, 5.74) is 0. The van der Waals surface area contributed by atoms with Gasteiger partial charge >= 0.3 is 6.36 Å². The number of hydrogen-bond acceptors (Lipinski definition) is 2. The van der Waals surface area contributed by atoms with Crippen LogP contribution in [0.5, 0.6) is 11.5 Å². The highest BCUT2D eigenvalue weighted by molar-refractivity contribution is 9.09. The van der Waals surface area contributed by atoms with Crippen LogP contribution >= 0.6 is 15.9 Å². The highest BCUT2D eigenvalue weighted by Crippen LogP contribution is 2.36. The van der Waals surface area contributed by atoms with Crippen molar-refractivity contribution in [2.24, 2.45) is 5.92 Å². The van der Waals surface area contributed by atoms with E-state index in [1.807, 2.05) is 0 Å². The van der Waals surface area contributed by atoms with E-state index in [0.29, 0.717) is 17.0 Å². The second-order valence-electron chi connectivity index (χ2n) is 4.17. The van der Waals surface area contributed by atoms with Crippen molar-refractivity contribution in [2.75, 3.05) is 5.33 Å². The zero-order chi connectivity index (χ0) is 13.2. The predicted octanol–water partition coefficient (Wildman–Crippen LogP) is 4.14. The minimum atomic E-state index is -4.68. The van der Waals surface area contributed by atoms with Gasteiger partial charge < -0.3 is 9.47 Å². The van der Waals surface area contributed by atoms with Crippen LogP contribution in [0, 0.1) is 5.92 Å². The minimum absolute atomic E-state index is 0.00568. The SMILES string of the molecule is FC(F)(F)Oc1cccc(OC(CBr)C2CC2)c1. The summed E-state index contributed by atoms with van der Waals surface area (Å²) >= 11 is 3.35. The maximum atomic E-state index is 12.1. The average molecular weight is 325 g/mol. The molecule has 0 N–H and O–H groups in total. The zero-order valence-corrected chi connectivity index (χ0v) is 11.0. The third-order valence-electron chi connectivity index (χ3n) is 2.63. The molecule has 0 radical (unpaired) electrons. The molecular formula is C12H12BrF3O2. The van der Waals surface area contributed by atoms with Crippen LogP contribution in [0.3, 0.4) is 0 Å². The summed E-state index contributed by atoms with van der Waals surface area (Å²) in [6.07, 6.45) is -2.46. The third kappa shape index (κ3) is 4.08. The lowest BCUT2D eigenvalue weighted by Gasteiger charge is -2.17. The molecule has 2 rings (SSSR count).